The Labute approximate surface area is 104 Å². The maximum Gasteiger partial charge on any atom is 0.320 e. The van der Waals surface area contributed by atoms with E-state index in [0.29, 0.717) is 5.75 Å². The maximum atomic E-state index is 11.8. The van der Waals surface area contributed by atoms with Crippen LogP contribution in [-0.4, -0.2) is 38.9 Å². The number of carbonyl (C=O) groups is 1. The molecule has 0 heterocycles. The van der Waals surface area contributed by atoms with Crippen LogP contribution in [0.2, 0.25) is 0 Å². The van der Waals surface area contributed by atoms with E-state index in [4.69, 9.17) is 9.89 Å². The zero-order chi connectivity index (χ0) is 13.5. The Morgan fingerprint density at radius 1 is 1.41 bits per heavy atom. The summed E-state index contributed by atoms with van der Waals surface area (Å²) in [5.74, 6) is -0.411. The van der Waals surface area contributed by atoms with Crippen LogP contribution >= 0.6 is 0 Å². The van der Waals surface area contributed by atoms with E-state index in [-0.39, 0.29) is 18.2 Å². The molecule has 2 atom stereocenters. The summed E-state index contributed by atoms with van der Waals surface area (Å²) in [5.41, 5.74) is 0. The number of hydrogen-bond acceptors (Lipinski definition) is 4. The van der Waals surface area contributed by atoms with Crippen molar-refractivity contribution in [3.63, 3.8) is 0 Å². The van der Waals surface area contributed by atoms with Gasteiger partial charge < -0.3 is 10.4 Å². The second-order valence-corrected chi connectivity index (χ2v) is 7.01. The lowest BCUT2D eigenvalue weighted by atomic mass is 10.2. The first kappa shape index (κ1) is 16.4. The fourth-order valence-electron chi connectivity index (χ4n) is 1.47. The Hall–Kier alpha value is -0.620. The monoisotopic (exact) mass is 264 g/mol. The van der Waals surface area contributed by atoms with E-state index in [1.54, 1.807) is 0 Å². The predicted molar refractivity (Wildman–Crippen MR) is 69.8 cm³/mol. The number of carboxylic acids is 1. The molecule has 0 radical (unpaired) electrons. The summed E-state index contributed by atoms with van der Waals surface area (Å²) in [7, 11) is -2.61. The van der Waals surface area contributed by atoms with E-state index in [2.05, 4.69) is 5.32 Å². The Morgan fingerprint density at radius 3 is 2.41 bits per heavy atom. The maximum absolute atomic E-state index is 11.8. The quantitative estimate of drug-likeness (QED) is 0.591. The Bertz CT molecular complexity index is 326. The molecule has 0 rings (SSSR count). The third kappa shape index (κ3) is 8.15. The van der Waals surface area contributed by atoms with Gasteiger partial charge in [0.25, 0.3) is 0 Å². The average Bonchev–Trinajstić information content (AvgIpc) is 2.20. The van der Waals surface area contributed by atoms with Crippen LogP contribution < -0.4 is 5.32 Å². The third-order valence-corrected chi connectivity index (χ3v) is 4.24. The lowest BCUT2D eigenvalue weighted by Gasteiger charge is -2.17. The zero-order valence-electron chi connectivity index (χ0n) is 10.9. The molecule has 0 spiro atoms. The molecule has 0 fully saturated rings. The van der Waals surface area contributed by atoms with Crippen LogP contribution in [0.15, 0.2) is 0 Å². The Morgan fingerprint density at radius 2 is 2.00 bits per heavy atom. The Balaban J connectivity index is 4.25. The van der Waals surface area contributed by atoms with Gasteiger partial charge in [-0.1, -0.05) is 27.2 Å². The summed E-state index contributed by atoms with van der Waals surface area (Å²) in [4.78, 5) is 10.9. The van der Waals surface area contributed by atoms with Gasteiger partial charge in [0.05, 0.1) is 0 Å². The largest absolute Gasteiger partial charge is 0.480 e. The molecule has 0 amide bonds. The third-order valence-electron chi connectivity index (χ3n) is 2.40. The van der Waals surface area contributed by atoms with Gasteiger partial charge in [0, 0.05) is 27.3 Å². The lowest BCUT2D eigenvalue weighted by molar-refractivity contribution is -0.139. The van der Waals surface area contributed by atoms with Crippen LogP contribution in [0, 0.1) is 4.78 Å². The SMILES string of the molecule is CCCCS(=N)(=O)CC[C@H](NC(C)C)C(=O)O. The van der Waals surface area contributed by atoms with Gasteiger partial charge in [0.1, 0.15) is 6.04 Å². The second kappa shape index (κ2) is 7.66. The highest BCUT2D eigenvalue weighted by molar-refractivity contribution is 7.92. The molecule has 0 aromatic rings. The van der Waals surface area contributed by atoms with Gasteiger partial charge in [-0.3, -0.25) is 9.57 Å². The second-order valence-electron chi connectivity index (χ2n) is 4.57. The summed E-state index contributed by atoms with van der Waals surface area (Å²) in [6.07, 6.45) is 1.92. The molecule has 0 aromatic heterocycles. The van der Waals surface area contributed by atoms with Gasteiger partial charge >= 0.3 is 5.97 Å². The first-order valence-electron chi connectivity index (χ1n) is 6.01. The first-order chi connectivity index (χ1) is 7.78. The van der Waals surface area contributed by atoms with E-state index in [0.717, 1.165) is 12.8 Å². The molecule has 0 aliphatic rings. The van der Waals surface area contributed by atoms with Gasteiger partial charge in [0.2, 0.25) is 0 Å². The summed E-state index contributed by atoms with van der Waals surface area (Å²) >= 11 is 0. The summed E-state index contributed by atoms with van der Waals surface area (Å²) < 4.78 is 19.5. The summed E-state index contributed by atoms with van der Waals surface area (Å²) in [6, 6.07) is -0.642. The fraction of sp³-hybridized carbons (Fsp3) is 0.909. The van der Waals surface area contributed by atoms with E-state index in [1.807, 2.05) is 20.8 Å². The molecule has 1 unspecified atom stereocenters. The van der Waals surface area contributed by atoms with Crippen molar-refractivity contribution >= 4 is 15.7 Å². The normalized spacial score (nSPS) is 16.7. The van der Waals surface area contributed by atoms with E-state index in [9.17, 15) is 9.00 Å². The minimum Gasteiger partial charge on any atom is -0.480 e. The molecule has 3 N–H and O–H groups in total. The molecule has 0 bridgehead atoms. The summed E-state index contributed by atoms with van der Waals surface area (Å²) in [5, 5.41) is 11.9. The Kier molecular flexibility index (Phi) is 7.38. The van der Waals surface area contributed by atoms with E-state index in [1.165, 1.54) is 0 Å². The molecule has 0 saturated carbocycles. The van der Waals surface area contributed by atoms with Crippen molar-refractivity contribution in [3.05, 3.63) is 0 Å². The first-order valence-corrected chi connectivity index (χ1v) is 7.91. The molecular formula is C11H24N2O3S. The summed E-state index contributed by atoms with van der Waals surface area (Å²) in [6.45, 7) is 5.71. The van der Waals surface area contributed by atoms with E-state index >= 15 is 0 Å². The van der Waals surface area contributed by atoms with Gasteiger partial charge in [-0.2, -0.15) is 0 Å². The number of nitrogens with one attached hydrogen (secondary N) is 2. The number of hydrogen-bond donors (Lipinski definition) is 3. The van der Waals surface area contributed by atoms with Crippen LogP contribution in [0.3, 0.4) is 0 Å². The standard InChI is InChI=1S/C11H24N2O3S/c1-4-5-7-17(12,16)8-6-10(11(14)15)13-9(2)3/h9-10,12-13H,4-8H2,1-3H3,(H,14,15)/t10-,17?/m0/s1. The number of rotatable bonds is 9. The molecule has 17 heavy (non-hydrogen) atoms. The molecule has 5 nitrogen and oxygen atoms in total. The van der Waals surface area contributed by atoms with E-state index < -0.39 is 21.7 Å². The minimum atomic E-state index is -2.61. The van der Waals surface area contributed by atoms with Crippen LogP contribution in [0.1, 0.15) is 40.0 Å². The van der Waals surface area contributed by atoms with Crippen molar-refractivity contribution in [3.8, 4) is 0 Å². The number of aliphatic carboxylic acids is 1. The van der Waals surface area contributed by atoms with Gasteiger partial charge in [0.15, 0.2) is 0 Å². The minimum absolute atomic E-state index is 0.0635. The van der Waals surface area contributed by atoms with Crippen molar-refractivity contribution < 1.29 is 14.1 Å². The van der Waals surface area contributed by atoms with Crippen molar-refractivity contribution in [2.24, 2.45) is 0 Å². The number of carboxylic acid groups (broad SMARTS) is 1. The number of unbranched alkanes of at least 4 members (excludes halogenated alkanes) is 1. The van der Waals surface area contributed by atoms with Gasteiger partial charge in [-0.15, -0.1) is 0 Å². The predicted octanol–water partition coefficient (Wildman–Crippen LogP) is 1.67. The van der Waals surface area contributed by atoms with Crippen molar-refractivity contribution in [2.75, 3.05) is 11.5 Å². The van der Waals surface area contributed by atoms with Crippen LogP contribution in [0.25, 0.3) is 0 Å². The smallest absolute Gasteiger partial charge is 0.320 e. The van der Waals surface area contributed by atoms with Crippen molar-refractivity contribution in [2.45, 2.75) is 52.1 Å². The molecular weight excluding hydrogens is 240 g/mol. The van der Waals surface area contributed by atoms with Crippen molar-refractivity contribution in [1.82, 2.24) is 5.32 Å². The average molecular weight is 264 g/mol. The topological polar surface area (TPSA) is 90.3 Å². The molecule has 0 aromatic carbocycles. The van der Waals surface area contributed by atoms with Crippen LogP contribution in [-0.2, 0) is 14.5 Å². The molecule has 6 heteroatoms. The zero-order valence-corrected chi connectivity index (χ0v) is 11.7. The lowest BCUT2D eigenvalue weighted by Crippen LogP contribution is -2.42. The van der Waals surface area contributed by atoms with Crippen molar-refractivity contribution in [1.29, 1.82) is 4.78 Å². The van der Waals surface area contributed by atoms with Crippen LogP contribution in [0.4, 0.5) is 0 Å². The fourth-order valence-corrected chi connectivity index (χ4v) is 3.04. The van der Waals surface area contributed by atoms with Crippen LogP contribution in [0.5, 0.6) is 0 Å². The van der Waals surface area contributed by atoms with Gasteiger partial charge in [-0.05, 0) is 12.8 Å². The highest BCUT2D eigenvalue weighted by Crippen LogP contribution is 2.04. The molecule has 102 valence electrons. The highest BCUT2D eigenvalue weighted by atomic mass is 32.2. The molecule has 0 aliphatic heterocycles. The highest BCUT2D eigenvalue weighted by Gasteiger charge is 2.20. The van der Waals surface area contributed by atoms with Gasteiger partial charge in [-0.25, -0.2) is 4.21 Å². The molecule has 0 saturated heterocycles. The molecule has 0 aliphatic carbocycles.